The maximum Gasteiger partial charge on any atom is 0.338 e. The molecule has 0 saturated heterocycles. The van der Waals surface area contributed by atoms with E-state index >= 15 is 0 Å². The van der Waals surface area contributed by atoms with E-state index in [2.05, 4.69) is 10.3 Å². The summed E-state index contributed by atoms with van der Waals surface area (Å²) < 4.78 is 31.7. The van der Waals surface area contributed by atoms with E-state index in [1.54, 1.807) is 42.5 Å². The van der Waals surface area contributed by atoms with Crippen molar-refractivity contribution in [1.29, 1.82) is 0 Å². The third kappa shape index (κ3) is 5.39. The average Bonchev–Trinajstić information content (AvgIpc) is 2.79. The molecule has 3 rings (SSSR count). The lowest BCUT2D eigenvalue weighted by Gasteiger charge is -2.19. The van der Waals surface area contributed by atoms with Gasteiger partial charge in [-0.2, -0.15) is 0 Å². The highest BCUT2D eigenvalue weighted by Gasteiger charge is 2.22. The van der Waals surface area contributed by atoms with Crippen molar-refractivity contribution in [3.05, 3.63) is 83.6 Å². The number of halogens is 1. The Hall–Kier alpha value is -3.43. The van der Waals surface area contributed by atoms with Gasteiger partial charge in [-0.3, -0.25) is 9.10 Å². The van der Waals surface area contributed by atoms with Crippen LogP contribution in [0.3, 0.4) is 0 Å². The molecule has 0 atom stereocenters. The summed E-state index contributed by atoms with van der Waals surface area (Å²) >= 11 is 5.85. The Bertz CT molecular complexity index is 1190. The second-order valence-corrected chi connectivity index (χ2v) is 8.63. The Balaban J connectivity index is 1.62. The van der Waals surface area contributed by atoms with Gasteiger partial charge in [0.05, 0.1) is 21.8 Å². The zero-order valence-electron chi connectivity index (χ0n) is 16.4. The van der Waals surface area contributed by atoms with Gasteiger partial charge in [0, 0.05) is 13.2 Å². The van der Waals surface area contributed by atoms with Gasteiger partial charge in [0.25, 0.3) is 15.9 Å². The van der Waals surface area contributed by atoms with E-state index in [-0.39, 0.29) is 15.6 Å². The normalized spacial score (nSPS) is 10.9. The number of carbonyl (C=O) groups is 2. The molecule has 8 nitrogen and oxygen atoms in total. The van der Waals surface area contributed by atoms with Crippen LogP contribution in [0.15, 0.2) is 77.8 Å². The third-order valence-electron chi connectivity index (χ3n) is 4.24. The predicted octanol–water partition coefficient (Wildman–Crippen LogP) is 3.36. The molecule has 0 bridgehead atoms. The van der Waals surface area contributed by atoms with Gasteiger partial charge in [0.2, 0.25) is 0 Å². The number of carbonyl (C=O) groups excluding carboxylic acids is 2. The van der Waals surface area contributed by atoms with Crippen LogP contribution in [-0.2, 0) is 19.6 Å². The van der Waals surface area contributed by atoms with Crippen molar-refractivity contribution in [3.63, 3.8) is 0 Å². The minimum absolute atomic E-state index is 0.0133. The number of esters is 1. The summed E-state index contributed by atoms with van der Waals surface area (Å²) in [4.78, 5) is 28.0. The number of rotatable bonds is 7. The standard InChI is InChI=1S/C21H18ClN3O5S/c1-25(16-6-3-2-4-7-16)31(28,29)17-11-9-15(10-12-17)21(27)30-14-19(26)24-18-8-5-13-23-20(18)22/h2-13H,14H2,1H3,(H,24,26). The molecule has 10 heteroatoms. The maximum absolute atomic E-state index is 12.8. The topological polar surface area (TPSA) is 106 Å². The number of amides is 1. The predicted molar refractivity (Wildman–Crippen MR) is 117 cm³/mol. The van der Waals surface area contributed by atoms with Crippen LogP contribution in [-0.4, -0.2) is 38.9 Å². The van der Waals surface area contributed by atoms with Gasteiger partial charge in [0.15, 0.2) is 11.8 Å². The number of hydrogen-bond donors (Lipinski definition) is 1. The van der Waals surface area contributed by atoms with E-state index in [9.17, 15) is 18.0 Å². The molecule has 1 N–H and O–H groups in total. The van der Waals surface area contributed by atoms with Crippen LogP contribution in [0.25, 0.3) is 0 Å². The molecule has 31 heavy (non-hydrogen) atoms. The van der Waals surface area contributed by atoms with Gasteiger partial charge in [-0.25, -0.2) is 18.2 Å². The number of pyridine rings is 1. The molecule has 0 radical (unpaired) electrons. The molecule has 0 spiro atoms. The highest BCUT2D eigenvalue weighted by Crippen LogP contribution is 2.22. The second-order valence-electron chi connectivity index (χ2n) is 6.30. The zero-order chi connectivity index (χ0) is 22.4. The number of hydrogen-bond acceptors (Lipinski definition) is 6. The first-order valence-corrected chi connectivity index (χ1v) is 10.8. The first-order valence-electron chi connectivity index (χ1n) is 9.00. The molecule has 0 unspecified atom stereocenters. The zero-order valence-corrected chi connectivity index (χ0v) is 17.9. The minimum Gasteiger partial charge on any atom is -0.452 e. The monoisotopic (exact) mass is 459 g/mol. The molecule has 0 aliphatic heterocycles. The molecule has 1 heterocycles. The van der Waals surface area contributed by atoms with E-state index in [4.69, 9.17) is 16.3 Å². The molecular formula is C21H18ClN3O5S. The molecule has 0 saturated carbocycles. The number of sulfonamides is 1. The molecular weight excluding hydrogens is 442 g/mol. The summed E-state index contributed by atoms with van der Waals surface area (Å²) in [6, 6.07) is 17.0. The van der Waals surface area contributed by atoms with Crippen molar-refractivity contribution >= 4 is 44.9 Å². The van der Waals surface area contributed by atoms with Crippen molar-refractivity contribution in [3.8, 4) is 0 Å². The van der Waals surface area contributed by atoms with Crippen molar-refractivity contribution in [2.75, 3.05) is 23.3 Å². The number of nitrogens with zero attached hydrogens (tertiary/aromatic N) is 2. The third-order valence-corrected chi connectivity index (χ3v) is 6.34. The highest BCUT2D eigenvalue weighted by molar-refractivity contribution is 7.92. The van der Waals surface area contributed by atoms with Crippen LogP contribution in [0.2, 0.25) is 5.15 Å². The molecule has 0 aliphatic rings. The summed E-state index contributed by atoms with van der Waals surface area (Å²) in [7, 11) is -2.36. The van der Waals surface area contributed by atoms with E-state index in [0.717, 1.165) is 4.31 Å². The molecule has 3 aromatic rings. The number of anilines is 2. The Morgan fingerprint density at radius 3 is 2.35 bits per heavy atom. The number of benzene rings is 2. The van der Waals surface area contributed by atoms with Crippen molar-refractivity contribution < 1.29 is 22.7 Å². The van der Waals surface area contributed by atoms with Gasteiger partial charge in [-0.05, 0) is 48.5 Å². The van der Waals surface area contributed by atoms with Gasteiger partial charge >= 0.3 is 5.97 Å². The van der Waals surface area contributed by atoms with Crippen LogP contribution in [0.5, 0.6) is 0 Å². The molecule has 0 aliphatic carbocycles. The fourth-order valence-electron chi connectivity index (χ4n) is 2.58. The fraction of sp³-hybridized carbons (Fsp3) is 0.0952. The number of ether oxygens (including phenoxy) is 1. The van der Waals surface area contributed by atoms with E-state index in [1.165, 1.54) is 37.5 Å². The number of para-hydroxylation sites is 1. The summed E-state index contributed by atoms with van der Waals surface area (Å²) in [5.74, 6) is -1.36. The summed E-state index contributed by atoms with van der Waals surface area (Å²) in [5, 5.41) is 2.59. The van der Waals surface area contributed by atoms with Gasteiger partial charge in [-0.15, -0.1) is 0 Å². The Kier molecular flexibility index (Phi) is 6.88. The lowest BCUT2D eigenvalue weighted by Crippen LogP contribution is -2.26. The Morgan fingerprint density at radius 2 is 1.71 bits per heavy atom. The largest absolute Gasteiger partial charge is 0.452 e. The quantitative estimate of drug-likeness (QED) is 0.429. The molecule has 1 aromatic heterocycles. The molecule has 1 amide bonds. The van der Waals surface area contributed by atoms with Crippen LogP contribution >= 0.6 is 11.6 Å². The molecule has 2 aromatic carbocycles. The second kappa shape index (κ2) is 9.59. The average molecular weight is 460 g/mol. The summed E-state index contributed by atoms with van der Waals surface area (Å²) in [6.45, 7) is -0.541. The van der Waals surface area contributed by atoms with Crippen LogP contribution < -0.4 is 9.62 Å². The fourth-order valence-corrected chi connectivity index (χ4v) is 3.94. The van der Waals surface area contributed by atoms with Crippen LogP contribution in [0, 0.1) is 0 Å². The van der Waals surface area contributed by atoms with E-state index in [1.807, 2.05) is 0 Å². The van der Waals surface area contributed by atoms with Crippen molar-refractivity contribution in [1.82, 2.24) is 4.98 Å². The molecule has 0 fully saturated rings. The SMILES string of the molecule is CN(c1ccccc1)S(=O)(=O)c1ccc(C(=O)OCC(=O)Nc2cccnc2Cl)cc1. The highest BCUT2D eigenvalue weighted by atomic mass is 35.5. The van der Waals surface area contributed by atoms with Crippen LogP contribution in [0.1, 0.15) is 10.4 Å². The first-order chi connectivity index (χ1) is 14.8. The minimum atomic E-state index is -3.80. The summed E-state index contributed by atoms with van der Waals surface area (Å²) in [6.07, 6.45) is 1.47. The van der Waals surface area contributed by atoms with Gasteiger partial charge in [-0.1, -0.05) is 29.8 Å². The first kappa shape index (κ1) is 22.3. The Morgan fingerprint density at radius 1 is 1.03 bits per heavy atom. The van der Waals surface area contributed by atoms with E-state index in [0.29, 0.717) is 11.4 Å². The maximum atomic E-state index is 12.8. The smallest absolute Gasteiger partial charge is 0.338 e. The number of nitrogens with one attached hydrogen (secondary N) is 1. The lowest BCUT2D eigenvalue weighted by atomic mass is 10.2. The van der Waals surface area contributed by atoms with Crippen molar-refractivity contribution in [2.24, 2.45) is 0 Å². The Labute approximate surface area is 184 Å². The van der Waals surface area contributed by atoms with Crippen LogP contribution in [0.4, 0.5) is 11.4 Å². The van der Waals surface area contributed by atoms with Gasteiger partial charge < -0.3 is 10.1 Å². The van der Waals surface area contributed by atoms with Crippen molar-refractivity contribution in [2.45, 2.75) is 4.90 Å². The molecule has 160 valence electrons. The van der Waals surface area contributed by atoms with Gasteiger partial charge in [0.1, 0.15) is 0 Å². The van der Waals surface area contributed by atoms with E-state index < -0.39 is 28.5 Å². The number of aromatic nitrogens is 1. The summed E-state index contributed by atoms with van der Waals surface area (Å²) in [5.41, 5.74) is 0.904. The lowest BCUT2D eigenvalue weighted by molar-refractivity contribution is -0.119.